The van der Waals surface area contributed by atoms with E-state index in [1.54, 1.807) is 0 Å². The van der Waals surface area contributed by atoms with Gasteiger partial charge in [-0.05, 0) is 62.0 Å². The van der Waals surface area contributed by atoms with Crippen molar-refractivity contribution in [3.8, 4) is 67.5 Å². The number of hydrogen-bond acceptors (Lipinski definition) is 4. The number of furan rings is 1. The van der Waals surface area contributed by atoms with Gasteiger partial charge >= 0.3 is 0 Å². The summed E-state index contributed by atoms with van der Waals surface area (Å²) in [5, 5.41) is 4.87. The molecule has 3 heterocycles. The zero-order valence-electron chi connectivity index (χ0n) is 28.8. The standard InChI is InChI=1S/C47H33N3OSi/c1-52(2)40-24-13-12-21-35(40)43-41(52)28-26-34(31-17-8-4-9-18-31)44(43)47-49-45(32-19-10-5-11-20-32)48-46(50-47)36-22-14-23-39-42(36)37-29-33(25-27-38(37)51-39)30-15-6-3-7-16-30/h3-29H,1-2H3. The van der Waals surface area contributed by atoms with Gasteiger partial charge in [-0.15, -0.1) is 0 Å². The van der Waals surface area contributed by atoms with Crippen LogP contribution in [0.2, 0.25) is 13.1 Å². The molecule has 5 heteroatoms. The van der Waals surface area contributed by atoms with Gasteiger partial charge in [0.25, 0.3) is 0 Å². The molecule has 1 aliphatic heterocycles. The van der Waals surface area contributed by atoms with E-state index in [0.717, 1.165) is 60.9 Å². The quantitative estimate of drug-likeness (QED) is 0.169. The van der Waals surface area contributed by atoms with E-state index in [1.807, 2.05) is 36.4 Å². The minimum atomic E-state index is -2.00. The van der Waals surface area contributed by atoms with Crippen molar-refractivity contribution in [2.45, 2.75) is 13.1 Å². The summed E-state index contributed by atoms with van der Waals surface area (Å²) >= 11 is 0. The van der Waals surface area contributed by atoms with Gasteiger partial charge in [0, 0.05) is 27.5 Å². The predicted octanol–water partition coefficient (Wildman–Crippen LogP) is 10.9. The highest BCUT2D eigenvalue weighted by Crippen LogP contribution is 2.43. The lowest BCUT2D eigenvalue weighted by Crippen LogP contribution is -2.49. The van der Waals surface area contributed by atoms with Crippen LogP contribution in [-0.4, -0.2) is 23.0 Å². The first-order valence-electron chi connectivity index (χ1n) is 17.7. The van der Waals surface area contributed by atoms with Crippen molar-refractivity contribution >= 4 is 40.4 Å². The van der Waals surface area contributed by atoms with Crippen LogP contribution in [0.5, 0.6) is 0 Å². The predicted molar refractivity (Wildman–Crippen MR) is 216 cm³/mol. The summed E-state index contributed by atoms with van der Waals surface area (Å²) in [6, 6.07) is 57.5. The van der Waals surface area contributed by atoms with Gasteiger partial charge in [0.15, 0.2) is 17.5 Å². The van der Waals surface area contributed by atoms with Gasteiger partial charge in [-0.1, -0.05) is 159 Å². The largest absolute Gasteiger partial charge is 0.456 e. The molecule has 0 atom stereocenters. The van der Waals surface area contributed by atoms with E-state index < -0.39 is 8.07 Å². The summed E-state index contributed by atoms with van der Waals surface area (Å²) in [6.45, 7) is 4.90. The SMILES string of the molecule is C[Si]1(C)c2ccccc2-c2c1ccc(-c1ccccc1)c2-c1nc(-c2ccccc2)nc(-c2cccc3oc4ccc(-c5ccccc5)cc4c23)n1. The van der Waals surface area contributed by atoms with Crippen LogP contribution >= 0.6 is 0 Å². The van der Waals surface area contributed by atoms with Crippen molar-refractivity contribution in [3.05, 3.63) is 164 Å². The van der Waals surface area contributed by atoms with Crippen molar-refractivity contribution in [1.82, 2.24) is 15.0 Å². The zero-order valence-corrected chi connectivity index (χ0v) is 29.8. The normalized spacial score (nSPS) is 13.0. The molecule has 0 saturated carbocycles. The molecule has 246 valence electrons. The highest BCUT2D eigenvalue weighted by atomic mass is 28.3. The fraction of sp³-hybridized carbons (Fsp3) is 0.0426. The molecule has 0 unspecified atom stereocenters. The molecule has 0 saturated heterocycles. The molecule has 10 rings (SSSR count). The molecule has 0 spiro atoms. The molecule has 0 radical (unpaired) electrons. The first-order valence-corrected chi connectivity index (χ1v) is 20.7. The van der Waals surface area contributed by atoms with E-state index in [-0.39, 0.29) is 0 Å². The zero-order chi connectivity index (χ0) is 34.8. The van der Waals surface area contributed by atoms with Gasteiger partial charge < -0.3 is 4.42 Å². The highest BCUT2D eigenvalue weighted by Gasteiger charge is 2.40. The van der Waals surface area contributed by atoms with Crippen LogP contribution < -0.4 is 10.4 Å². The van der Waals surface area contributed by atoms with Crippen molar-refractivity contribution in [2.24, 2.45) is 0 Å². The third kappa shape index (κ3) is 4.78. The summed E-state index contributed by atoms with van der Waals surface area (Å²) in [7, 11) is -2.00. The van der Waals surface area contributed by atoms with Gasteiger partial charge in [0.1, 0.15) is 19.2 Å². The molecule has 4 nitrogen and oxygen atoms in total. The molecule has 0 amide bonds. The van der Waals surface area contributed by atoms with E-state index in [9.17, 15) is 0 Å². The Hall–Kier alpha value is -6.43. The molecule has 7 aromatic carbocycles. The van der Waals surface area contributed by atoms with Crippen LogP contribution in [0.15, 0.2) is 168 Å². The monoisotopic (exact) mass is 683 g/mol. The maximum absolute atomic E-state index is 6.47. The molecular weight excluding hydrogens is 651 g/mol. The summed E-state index contributed by atoms with van der Waals surface area (Å²) in [6.07, 6.45) is 0. The maximum atomic E-state index is 6.47. The molecule has 2 aromatic heterocycles. The number of rotatable bonds is 5. The van der Waals surface area contributed by atoms with E-state index >= 15 is 0 Å². The maximum Gasteiger partial charge on any atom is 0.165 e. The minimum Gasteiger partial charge on any atom is -0.456 e. The number of hydrogen-bond donors (Lipinski definition) is 0. The molecule has 1 aliphatic rings. The van der Waals surface area contributed by atoms with E-state index in [0.29, 0.717) is 17.5 Å². The first kappa shape index (κ1) is 30.4. The topological polar surface area (TPSA) is 51.8 Å². The lowest BCUT2D eigenvalue weighted by molar-refractivity contribution is 0.669. The Balaban J connectivity index is 1.29. The van der Waals surface area contributed by atoms with Crippen molar-refractivity contribution in [3.63, 3.8) is 0 Å². The van der Waals surface area contributed by atoms with Crippen LogP contribution in [0, 0.1) is 0 Å². The fourth-order valence-electron chi connectivity index (χ4n) is 8.03. The summed E-state index contributed by atoms with van der Waals surface area (Å²) in [5.41, 5.74) is 11.6. The number of nitrogens with zero attached hydrogens (tertiary/aromatic N) is 3. The van der Waals surface area contributed by atoms with E-state index in [4.69, 9.17) is 19.4 Å². The smallest absolute Gasteiger partial charge is 0.165 e. The van der Waals surface area contributed by atoms with Crippen LogP contribution in [-0.2, 0) is 0 Å². The highest BCUT2D eigenvalue weighted by molar-refractivity contribution is 7.04. The summed E-state index contributed by atoms with van der Waals surface area (Å²) < 4.78 is 6.47. The number of aromatic nitrogens is 3. The Morgan fingerprint density at radius 1 is 0.404 bits per heavy atom. The lowest BCUT2D eigenvalue weighted by atomic mass is 9.91. The number of benzene rings is 7. The van der Waals surface area contributed by atoms with Crippen LogP contribution in [0.3, 0.4) is 0 Å². The second kappa shape index (κ2) is 11.8. The van der Waals surface area contributed by atoms with Gasteiger partial charge in [0.05, 0.1) is 0 Å². The van der Waals surface area contributed by atoms with Crippen LogP contribution in [0.25, 0.3) is 89.5 Å². The van der Waals surface area contributed by atoms with Gasteiger partial charge in [0.2, 0.25) is 0 Å². The summed E-state index contributed by atoms with van der Waals surface area (Å²) in [5.74, 6) is 1.91. The molecular formula is C47H33N3OSi. The van der Waals surface area contributed by atoms with Crippen molar-refractivity contribution < 1.29 is 4.42 Å². The Kier molecular flexibility index (Phi) is 6.91. The minimum absolute atomic E-state index is 0.613. The molecule has 9 aromatic rings. The average Bonchev–Trinajstić information content (AvgIpc) is 3.70. The molecule has 0 N–H and O–H groups in total. The Morgan fingerprint density at radius 3 is 1.81 bits per heavy atom. The van der Waals surface area contributed by atoms with Crippen LogP contribution in [0.4, 0.5) is 0 Å². The Labute approximate surface area is 303 Å². The third-order valence-electron chi connectivity index (χ3n) is 10.6. The third-order valence-corrected chi connectivity index (χ3v) is 14.1. The number of fused-ring (bicyclic) bond motifs is 6. The Morgan fingerprint density at radius 2 is 1.04 bits per heavy atom. The second-order valence-corrected chi connectivity index (χ2v) is 18.3. The molecule has 0 aliphatic carbocycles. The van der Waals surface area contributed by atoms with Gasteiger partial charge in [-0.3, -0.25) is 0 Å². The first-order chi connectivity index (χ1) is 25.5. The average molecular weight is 684 g/mol. The van der Waals surface area contributed by atoms with E-state index in [2.05, 4.69) is 140 Å². The van der Waals surface area contributed by atoms with E-state index in [1.165, 1.54) is 21.5 Å². The van der Waals surface area contributed by atoms with Crippen molar-refractivity contribution in [2.75, 3.05) is 0 Å². The second-order valence-electron chi connectivity index (χ2n) is 14.0. The van der Waals surface area contributed by atoms with Gasteiger partial charge in [-0.2, -0.15) is 0 Å². The fourth-order valence-corrected chi connectivity index (χ4v) is 11.1. The molecule has 0 bridgehead atoms. The van der Waals surface area contributed by atoms with Crippen molar-refractivity contribution in [1.29, 1.82) is 0 Å². The lowest BCUT2D eigenvalue weighted by Gasteiger charge is -2.20. The molecule has 0 fully saturated rings. The van der Waals surface area contributed by atoms with Gasteiger partial charge in [-0.25, -0.2) is 15.0 Å². The van der Waals surface area contributed by atoms with Crippen LogP contribution in [0.1, 0.15) is 0 Å². The summed E-state index contributed by atoms with van der Waals surface area (Å²) in [4.78, 5) is 16.0. The Bertz CT molecular complexity index is 2810. The molecule has 52 heavy (non-hydrogen) atoms.